The number of hydrogen-bond donors (Lipinski definition) is 1. The molecular formula is C15H23F2NO2. The summed E-state index contributed by atoms with van der Waals surface area (Å²) in [6.07, 6.45) is -1.19. The standard InChI is InChI=1S/C15H23F2NO2/c1-11(2)9-18(7-8-20-3)10-14(19)15-12(16)5-4-6-13(15)17/h4-6,11,14,19H,7-10H2,1-3H3. The molecule has 0 spiro atoms. The summed E-state index contributed by atoms with van der Waals surface area (Å²) in [5.74, 6) is -1.04. The molecule has 0 saturated carbocycles. The number of nitrogens with zero attached hydrogens (tertiary/aromatic N) is 1. The number of hydrogen-bond acceptors (Lipinski definition) is 3. The van der Waals surface area contributed by atoms with Gasteiger partial charge in [-0.15, -0.1) is 0 Å². The Kier molecular flexibility index (Phi) is 7.05. The van der Waals surface area contributed by atoms with Gasteiger partial charge in [-0.1, -0.05) is 19.9 Å². The molecule has 1 unspecified atom stereocenters. The first-order chi connectivity index (χ1) is 9.45. The van der Waals surface area contributed by atoms with Crippen molar-refractivity contribution in [3.05, 3.63) is 35.4 Å². The van der Waals surface area contributed by atoms with Gasteiger partial charge in [-0.2, -0.15) is 0 Å². The van der Waals surface area contributed by atoms with Gasteiger partial charge in [-0.25, -0.2) is 8.78 Å². The van der Waals surface area contributed by atoms with Gasteiger partial charge in [0.25, 0.3) is 0 Å². The van der Waals surface area contributed by atoms with E-state index in [-0.39, 0.29) is 12.1 Å². The first-order valence-corrected chi connectivity index (χ1v) is 6.79. The smallest absolute Gasteiger partial charge is 0.131 e. The van der Waals surface area contributed by atoms with Crippen LogP contribution in [-0.2, 0) is 4.74 Å². The van der Waals surface area contributed by atoms with E-state index in [2.05, 4.69) is 13.8 Å². The molecule has 1 atom stereocenters. The average Bonchev–Trinajstić information content (AvgIpc) is 2.35. The highest BCUT2D eigenvalue weighted by Crippen LogP contribution is 2.21. The van der Waals surface area contributed by atoms with Crippen molar-refractivity contribution < 1.29 is 18.6 Å². The number of aliphatic hydroxyl groups is 1. The topological polar surface area (TPSA) is 32.7 Å². The zero-order valence-electron chi connectivity index (χ0n) is 12.3. The maximum absolute atomic E-state index is 13.6. The Bertz CT molecular complexity index is 393. The van der Waals surface area contributed by atoms with Crippen LogP contribution in [0.5, 0.6) is 0 Å². The van der Waals surface area contributed by atoms with Crippen LogP contribution in [0, 0.1) is 17.6 Å². The van der Waals surface area contributed by atoms with E-state index in [0.717, 1.165) is 18.7 Å². The summed E-state index contributed by atoms with van der Waals surface area (Å²) in [5.41, 5.74) is -0.265. The molecule has 1 N–H and O–H groups in total. The lowest BCUT2D eigenvalue weighted by molar-refractivity contribution is 0.0787. The van der Waals surface area contributed by atoms with Gasteiger partial charge in [0.1, 0.15) is 11.6 Å². The van der Waals surface area contributed by atoms with Crippen molar-refractivity contribution in [2.45, 2.75) is 20.0 Å². The van der Waals surface area contributed by atoms with E-state index in [4.69, 9.17) is 4.74 Å². The second-order valence-electron chi connectivity index (χ2n) is 5.30. The first-order valence-electron chi connectivity index (χ1n) is 6.79. The largest absolute Gasteiger partial charge is 0.387 e. The maximum atomic E-state index is 13.6. The lowest BCUT2D eigenvalue weighted by Crippen LogP contribution is -2.35. The van der Waals surface area contributed by atoms with E-state index in [1.165, 1.54) is 6.07 Å². The third-order valence-electron chi connectivity index (χ3n) is 3.00. The zero-order chi connectivity index (χ0) is 15.1. The van der Waals surface area contributed by atoms with Gasteiger partial charge >= 0.3 is 0 Å². The minimum absolute atomic E-state index is 0.180. The molecule has 0 saturated heterocycles. The van der Waals surface area contributed by atoms with E-state index >= 15 is 0 Å². The van der Waals surface area contributed by atoms with E-state index in [1.54, 1.807) is 7.11 Å². The molecule has 0 bridgehead atoms. The van der Waals surface area contributed by atoms with Gasteiger partial charge in [0.15, 0.2) is 0 Å². The quantitative estimate of drug-likeness (QED) is 0.798. The molecule has 1 aromatic rings. The molecule has 0 radical (unpaired) electrons. The lowest BCUT2D eigenvalue weighted by Gasteiger charge is -2.26. The Balaban J connectivity index is 2.76. The van der Waals surface area contributed by atoms with Crippen LogP contribution < -0.4 is 0 Å². The first kappa shape index (κ1) is 17.0. The third kappa shape index (κ3) is 5.15. The van der Waals surface area contributed by atoms with Crippen LogP contribution in [0.3, 0.4) is 0 Å². The second-order valence-corrected chi connectivity index (χ2v) is 5.30. The fourth-order valence-corrected chi connectivity index (χ4v) is 2.16. The van der Waals surface area contributed by atoms with E-state index in [0.29, 0.717) is 19.1 Å². The van der Waals surface area contributed by atoms with Crippen molar-refractivity contribution in [2.75, 3.05) is 33.4 Å². The van der Waals surface area contributed by atoms with Gasteiger partial charge in [-0.3, -0.25) is 4.90 Å². The van der Waals surface area contributed by atoms with Crippen molar-refractivity contribution in [3.8, 4) is 0 Å². The molecule has 0 amide bonds. The predicted octanol–water partition coefficient (Wildman–Crippen LogP) is 2.60. The molecule has 0 heterocycles. The van der Waals surface area contributed by atoms with Crippen molar-refractivity contribution in [1.29, 1.82) is 0 Å². The van der Waals surface area contributed by atoms with Gasteiger partial charge in [0.05, 0.1) is 18.3 Å². The van der Waals surface area contributed by atoms with Gasteiger partial charge in [0, 0.05) is 26.7 Å². The van der Waals surface area contributed by atoms with E-state index < -0.39 is 17.7 Å². The Hall–Kier alpha value is -1.04. The number of rotatable bonds is 8. The Morgan fingerprint density at radius 2 is 1.80 bits per heavy atom. The molecular weight excluding hydrogens is 264 g/mol. The van der Waals surface area contributed by atoms with Crippen LogP contribution >= 0.6 is 0 Å². The highest BCUT2D eigenvalue weighted by molar-refractivity contribution is 5.22. The molecule has 20 heavy (non-hydrogen) atoms. The summed E-state index contributed by atoms with van der Waals surface area (Å²) in [5, 5.41) is 10.1. The molecule has 0 aliphatic rings. The molecule has 0 aliphatic heterocycles. The highest BCUT2D eigenvalue weighted by atomic mass is 19.1. The fourth-order valence-electron chi connectivity index (χ4n) is 2.16. The number of ether oxygens (including phenoxy) is 1. The molecule has 0 aromatic heterocycles. The van der Waals surface area contributed by atoms with Crippen LogP contribution in [-0.4, -0.2) is 43.4 Å². The summed E-state index contributed by atoms with van der Waals surface area (Å²) < 4.78 is 32.3. The third-order valence-corrected chi connectivity index (χ3v) is 3.00. The number of methoxy groups -OCH3 is 1. The van der Waals surface area contributed by atoms with Crippen LogP contribution in [0.4, 0.5) is 8.78 Å². The van der Waals surface area contributed by atoms with Crippen molar-refractivity contribution in [1.82, 2.24) is 4.90 Å². The van der Waals surface area contributed by atoms with Gasteiger partial charge < -0.3 is 9.84 Å². The molecule has 3 nitrogen and oxygen atoms in total. The number of benzene rings is 1. The molecule has 5 heteroatoms. The molecule has 0 aliphatic carbocycles. The lowest BCUT2D eigenvalue weighted by atomic mass is 10.1. The summed E-state index contributed by atoms with van der Waals surface area (Å²) in [6, 6.07) is 3.60. The van der Waals surface area contributed by atoms with Crippen LogP contribution in [0.1, 0.15) is 25.5 Å². The second kappa shape index (κ2) is 8.29. The summed E-state index contributed by atoms with van der Waals surface area (Å²) in [6.45, 7) is 6.14. The Morgan fingerprint density at radius 1 is 1.20 bits per heavy atom. The van der Waals surface area contributed by atoms with Crippen molar-refractivity contribution >= 4 is 0 Å². The molecule has 1 aromatic carbocycles. The number of halogens is 2. The summed E-state index contributed by atoms with van der Waals surface area (Å²) in [7, 11) is 1.60. The van der Waals surface area contributed by atoms with Crippen LogP contribution in [0.25, 0.3) is 0 Å². The minimum atomic E-state index is -1.19. The monoisotopic (exact) mass is 287 g/mol. The normalized spacial score (nSPS) is 13.2. The summed E-state index contributed by atoms with van der Waals surface area (Å²) >= 11 is 0. The van der Waals surface area contributed by atoms with E-state index in [1.807, 2.05) is 4.90 Å². The summed E-state index contributed by atoms with van der Waals surface area (Å²) in [4.78, 5) is 1.95. The minimum Gasteiger partial charge on any atom is -0.387 e. The molecule has 1 rings (SSSR count). The van der Waals surface area contributed by atoms with Crippen molar-refractivity contribution in [3.63, 3.8) is 0 Å². The molecule has 114 valence electrons. The van der Waals surface area contributed by atoms with Crippen LogP contribution in [0.2, 0.25) is 0 Å². The SMILES string of the molecule is COCCN(CC(C)C)CC(O)c1c(F)cccc1F. The Morgan fingerprint density at radius 3 is 2.30 bits per heavy atom. The van der Waals surface area contributed by atoms with E-state index in [9.17, 15) is 13.9 Å². The molecule has 0 fully saturated rings. The van der Waals surface area contributed by atoms with Crippen LogP contribution in [0.15, 0.2) is 18.2 Å². The highest BCUT2D eigenvalue weighted by Gasteiger charge is 2.20. The maximum Gasteiger partial charge on any atom is 0.131 e. The predicted molar refractivity (Wildman–Crippen MR) is 74.5 cm³/mol. The zero-order valence-corrected chi connectivity index (χ0v) is 12.3. The average molecular weight is 287 g/mol. The van der Waals surface area contributed by atoms with Gasteiger partial charge in [-0.05, 0) is 18.1 Å². The van der Waals surface area contributed by atoms with Crippen molar-refractivity contribution in [2.24, 2.45) is 5.92 Å². The van der Waals surface area contributed by atoms with Gasteiger partial charge in [0.2, 0.25) is 0 Å². The fraction of sp³-hybridized carbons (Fsp3) is 0.600. The number of aliphatic hydroxyl groups excluding tert-OH is 1. The Labute approximate surface area is 119 Å².